The third kappa shape index (κ3) is 0.643. The molecule has 9 heavy (non-hydrogen) atoms. The molecule has 0 aromatic heterocycles. The Balaban J connectivity index is 3.03. The van der Waals surface area contributed by atoms with E-state index in [4.69, 9.17) is 10.5 Å². The van der Waals surface area contributed by atoms with Crippen molar-refractivity contribution in [3.8, 4) is 12.1 Å². The molecule has 0 spiro atoms. The molecule has 5 nitrogen and oxygen atoms in total. The first-order chi connectivity index (χ1) is 4.33. The Morgan fingerprint density at radius 3 is 2.22 bits per heavy atom. The van der Waals surface area contributed by atoms with E-state index < -0.39 is 5.54 Å². The summed E-state index contributed by atoms with van der Waals surface area (Å²) >= 11 is 0. The maximum Gasteiger partial charge on any atom is 0.290 e. The highest BCUT2D eigenvalue weighted by atomic mass is 15.4. The Hall–Kier alpha value is -1.75. The first kappa shape index (κ1) is 5.39. The summed E-state index contributed by atoms with van der Waals surface area (Å²) in [6.45, 7) is 0. The molecule has 0 saturated carbocycles. The Morgan fingerprint density at radius 2 is 2.00 bits per heavy atom. The minimum absolute atomic E-state index is 1.10. The summed E-state index contributed by atoms with van der Waals surface area (Å²) in [6, 6.07) is 3.31. The van der Waals surface area contributed by atoms with Gasteiger partial charge in [-0.15, -0.1) is 10.2 Å². The predicted octanol–water partition coefficient (Wildman–Crippen LogP) is 0.224. The van der Waals surface area contributed by atoms with Gasteiger partial charge in [0.05, 0.1) is 6.21 Å². The Kier molecular flexibility index (Phi) is 0.982. The van der Waals surface area contributed by atoms with Crippen LogP contribution in [0, 0.1) is 22.7 Å². The van der Waals surface area contributed by atoms with E-state index in [9.17, 15) is 0 Å². The van der Waals surface area contributed by atoms with Crippen molar-refractivity contribution in [2.24, 2.45) is 15.4 Å². The summed E-state index contributed by atoms with van der Waals surface area (Å²) in [7, 11) is 0. The van der Waals surface area contributed by atoms with Gasteiger partial charge in [-0.2, -0.15) is 10.5 Å². The summed E-state index contributed by atoms with van der Waals surface area (Å²) in [5.74, 6) is 0. The first-order valence-corrected chi connectivity index (χ1v) is 2.12. The second-order valence-electron chi connectivity index (χ2n) is 1.42. The minimum Gasteiger partial charge on any atom is -0.194 e. The summed E-state index contributed by atoms with van der Waals surface area (Å²) in [5.41, 5.74) is -1.44. The van der Waals surface area contributed by atoms with Gasteiger partial charge in [-0.05, 0) is 5.22 Å². The van der Waals surface area contributed by atoms with Crippen molar-refractivity contribution >= 4 is 6.21 Å². The van der Waals surface area contributed by atoms with Gasteiger partial charge < -0.3 is 0 Å². The van der Waals surface area contributed by atoms with Crippen LogP contribution in [0.4, 0.5) is 0 Å². The zero-order chi connectivity index (χ0) is 6.74. The molecular weight excluding hydrogens is 118 g/mol. The number of hydrogen-bond acceptors (Lipinski definition) is 5. The molecule has 0 radical (unpaired) electrons. The Labute approximate surface area is 50.9 Å². The average Bonchev–Trinajstić information content (AvgIpc) is 2.36. The van der Waals surface area contributed by atoms with Crippen molar-refractivity contribution in [3.05, 3.63) is 0 Å². The van der Waals surface area contributed by atoms with Gasteiger partial charge in [0.25, 0.3) is 5.54 Å². The summed E-state index contributed by atoms with van der Waals surface area (Å²) < 4.78 is 0. The van der Waals surface area contributed by atoms with Crippen LogP contribution in [0.3, 0.4) is 0 Å². The monoisotopic (exact) mass is 119 g/mol. The summed E-state index contributed by atoms with van der Waals surface area (Å²) in [5, 5.41) is 26.3. The maximum atomic E-state index is 8.30. The molecule has 0 unspecified atom stereocenters. The van der Waals surface area contributed by atoms with Crippen molar-refractivity contribution < 1.29 is 0 Å². The lowest BCUT2D eigenvalue weighted by Crippen LogP contribution is -2.20. The van der Waals surface area contributed by atoms with Crippen molar-refractivity contribution in [1.82, 2.24) is 0 Å². The van der Waals surface area contributed by atoms with Gasteiger partial charge >= 0.3 is 0 Å². The third-order valence-corrected chi connectivity index (χ3v) is 0.840. The van der Waals surface area contributed by atoms with Gasteiger partial charge in [-0.3, -0.25) is 0 Å². The van der Waals surface area contributed by atoms with E-state index >= 15 is 0 Å². The van der Waals surface area contributed by atoms with Crippen molar-refractivity contribution in [1.29, 1.82) is 10.5 Å². The molecule has 0 fully saturated rings. The number of nitriles is 2. The van der Waals surface area contributed by atoms with E-state index in [1.807, 2.05) is 0 Å². The quantitative estimate of drug-likeness (QED) is 0.456. The van der Waals surface area contributed by atoms with Crippen LogP contribution >= 0.6 is 0 Å². The molecule has 0 saturated heterocycles. The molecule has 0 aromatic rings. The fourth-order valence-corrected chi connectivity index (χ4v) is 0.359. The molecule has 0 atom stereocenters. The topological polar surface area (TPSA) is 84.7 Å². The van der Waals surface area contributed by atoms with E-state index in [2.05, 4.69) is 15.4 Å². The molecule has 0 N–H and O–H groups in total. The van der Waals surface area contributed by atoms with Crippen LogP contribution in [-0.2, 0) is 0 Å². The van der Waals surface area contributed by atoms with Gasteiger partial charge in [-0.25, -0.2) is 0 Å². The minimum atomic E-state index is -1.44. The standard InChI is InChI=1S/C4HN5/c5-1-4(2-6)3-7-9-8-4/h3H. The molecule has 0 amide bonds. The molecule has 0 aliphatic carbocycles. The average molecular weight is 119 g/mol. The lowest BCUT2D eigenvalue weighted by atomic mass is 10.1. The summed E-state index contributed by atoms with van der Waals surface area (Å²) in [4.78, 5) is 0. The van der Waals surface area contributed by atoms with Crippen LogP contribution in [-0.4, -0.2) is 11.8 Å². The molecule has 42 valence electrons. The van der Waals surface area contributed by atoms with Gasteiger partial charge in [0.15, 0.2) is 0 Å². The number of nitrogens with zero attached hydrogens (tertiary/aromatic N) is 5. The van der Waals surface area contributed by atoms with Crippen molar-refractivity contribution in [2.45, 2.75) is 5.54 Å². The Bertz CT molecular complexity index is 221. The van der Waals surface area contributed by atoms with Crippen LogP contribution in [0.15, 0.2) is 15.4 Å². The number of rotatable bonds is 0. The zero-order valence-corrected chi connectivity index (χ0v) is 4.31. The fourth-order valence-electron chi connectivity index (χ4n) is 0.359. The highest BCUT2D eigenvalue weighted by Crippen LogP contribution is 2.10. The van der Waals surface area contributed by atoms with E-state index in [0.29, 0.717) is 0 Å². The number of hydrogen-bond donors (Lipinski definition) is 0. The maximum absolute atomic E-state index is 8.30. The SMILES string of the molecule is N#CC1(C#N)C=NN=N1. The van der Waals surface area contributed by atoms with Gasteiger partial charge in [-0.1, -0.05) is 0 Å². The lowest BCUT2D eigenvalue weighted by Gasteiger charge is -1.94. The third-order valence-electron chi connectivity index (χ3n) is 0.840. The fraction of sp³-hybridized carbons (Fsp3) is 0.250. The van der Waals surface area contributed by atoms with Crippen LogP contribution in [0.2, 0.25) is 0 Å². The van der Waals surface area contributed by atoms with Crippen molar-refractivity contribution in [2.75, 3.05) is 0 Å². The highest BCUT2D eigenvalue weighted by molar-refractivity contribution is 5.80. The van der Waals surface area contributed by atoms with Crippen LogP contribution in [0.5, 0.6) is 0 Å². The summed E-state index contributed by atoms with van der Waals surface area (Å²) in [6.07, 6.45) is 1.10. The second kappa shape index (κ2) is 1.64. The predicted molar refractivity (Wildman–Crippen MR) is 27.3 cm³/mol. The van der Waals surface area contributed by atoms with E-state index in [-0.39, 0.29) is 0 Å². The van der Waals surface area contributed by atoms with E-state index in [1.165, 1.54) is 0 Å². The molecule has 1 heterocycles. The van der Waals surface area contributed by atoms with Gasteiger partial charge in [0, 0.05) is 0 Å². The molecule has 1 rings (SSSR count). The Morgan fingerprint density at radius 1 is 1.33 bits per heavy atom. The molecule has 0 aromatic carbocycles. The molecule has 0 bridgehead atoms. The molecule has 1 aliphatic rings. The molecule has 5 heteroatoms. The van der Waals surface area contributed by atoms with E-state index in [1.54, 1.807) is 12.1 Å². The van der Waals surface area contributed by atoms with Crippen LogP contribution < -0.4 is 0 Å². The van der Waals surface area contributed by atoms with Crippen molar-refractivity contribution in [3.63, 3.8) is 0 Å². The second-order valence-corrected chi connectivity index (χ2v) is 1.42. The largest absolute Gasteiger partial charge is 0.290 e. The molecule has 1 aliphatic heterocycles. The zero-order valence-electron chi connectivity index (χ0n) is 4.31. The van der Waals surface area contributed by atoms with Crippen LogP contribution in [0.25, 0.3) is 0 Å². The van der Waals surface area contributed by atoms with Gasteiger partial charge in [0.1, 0.15) is 12.1 Å². The van der Waals surface area contributed by atoms with Crippen LogP contribution in [0.1, 0.15) is 0 Å². The smallest absolute Gasteiger partial charge is 0.194 e. The lowest BCUT2D eigenvalue weighted by molar-refractivity contribution is 0.867. The first-order valence-electron chi connectivity index (χ1n) is 2.12. The van der Waals surface area contributed by atoms with Gasteiger partial charge in [0.2, 0.25) is 0 Å². The normalized spacial score (nSPS) is 18.9. The van der Waals surface area contributed by atoms with E-state index in [0.717, 1.165) is 6.21 Å². The highest BCUT2D eigenvalue weighted by Gasteiger charge is 2.30. The molecular formula is C4HN5.